The maximum absolute atomic E-state index is 12.2. The number of carboxylic acid groups (broad SMARTS) is 1. The second kappa shape index (κ2) is 11.4. The van der Waals surface area contributed by atoms with Crippen molar-refractivity contribution in [1.29, 1.82) is 0 Å². The number of anilines is 1. The quantitative estimate of drug-likeness (QED) is 0.485. The molecule has 1 aromatic carbocycles. The highest BCUT2D eigenvalue weighted by Crippen LogP contribution is 2.28. The molecule has 2 aromatic rings. The second-order valence-electron chi connectivity index (χ2n) is 8.65. The van der Waals surface area contributed by atoms with Crippen molar-refractivity contribution < 1.29 is 24.2 Å². The molecule has 1 atom stereocenters. The molecular weight excluding hydrogens is 496 g/mol. The van der Waals surface area contributed by atoms with E-state index in [9.17, 15) is 19.5 Å². The van der Waals surface area contributed by atoms with Gasteiger partial charge in [0.05, 0.1) is 17.9 Å². The fraction of sp³-hybridized carbons (Fsp3) is 0.400. The van der Waals surface area contributed by atoms with E-state index in [1.807, 2.05) is 11.0 Å². The van der Waals surface area contributed by atoms with Gasteiger partial charge in [0, 0.05) is 33.1 Å². The Morgan fingerprint density at radius 2 is 1.95 bits per heavy atom. The summed E-state index contributed by atoms with van der Waals surface area (Å²) >= 11 is 1.19. The number of carbonyl (C=O) groups is 3. The smallest absolute Gasteiger partial charge is 0.350 e. The second-order valence-corrected chi connectivity index (χ2v) is 9.65. The van der Waals surface area contributed by atoms with E-state index in [2.05, 4.69) is 20.5 Å². The van der Waals surface area contributed by atoms with Crippen molar-refractivity contribution in [3.8, 4) is 0 Å². The van der Waals surface area contributed by atoms with Crippen LogP contribution in [0.5, 0.6) is 0 Å². The molecule has 11 nitrogen and oxygen atoms in total. The van der Waals surface area contributed by atoms with Crippen LogP contribution in [0.1, 0.15) is 57.6 Å². The molecule has 0 saturated carbocycles. The highest BCUT2D eigenvalue weighted by molar-refractivity contribution is 7.17. The Bertz CT molecular complexity index is 1240. The zero-order valence-electron chi connectivity index (χ0n) is 21.0. The zero-order chi connectivity index (χ0) is 26.5. The number of nitrogens with one attached hydrogen (secondary N) is 2. The minimum atomic E-state index is -0.991. The Labute approximate surface area is 218 Å². The summed E-state index contributed by atoms with van der Waals surface area (Å²) in [5.74, 6) is -0.0733. The highest BCUT2D eigenvalue weighted by atomic mass is 32.1. The molecule has 196 valence electrons. The molecule has 0 radical (unpaired) electrons. The van der Waals surface area contributed by atoms with Gasteiger partial charge < -0.3 is 30.3 Å². The maximum atomic E-state index is 12.2. The third-order valence-electron chi connectivity index (χ3n) is 6.09. The standard InChI is InChI=1S/C25H30N6O5S/c1-4-36-23(35)21-15(2)26-25(37-21)29-24-27-19(17-6-8-18(9-7-17)22(33)34)14-20(28-24)31-11-5-10-30(12-13-31)16(3)32/h6-9,14,19H,4-5,10-13H2,1-3H3,(H,33,34)(H2,26,27,28,29). The van der Waals surface area contributed by atoms with Crippen molar-refractivity contribution in [3.05, 3.63) is 57.9 Å². The van der Waals surface area contributed by atoms with Gasteiger partial charge in [0.15, 0.2) is 5.13 Å². The van der Waals surface area contributed by atoms with Crippen molar-refractivity contribution in [2.45, 2.75) is 33.2 Å². The molecule has 0 bridgehead atoms. The highest BCUT2D eigenvalue weighted by Gasteiger charge is 2.25. The van der Waals surface area contributed by atoms with Crippen LogP contribution < -0.4 is 10.6 Å². The minimum absolute atomic E-state index is 0.0595. The molecule has 2 aliphatic rings. The molecular formula is C25H30N6O5S. The van der Waals surface area contributed by atoms with Gasteiger partial charge in [0.25, 0.3) is 0 Å². The van der Waals surface area contributed by atoms with E-state index >= 15 is 0 Å². The van der Waals surface area contributed by atoms with Gasteiger partial charge in [-0.3, -0.25) is 4.79 Å². The normalized spacial score (nSPS) is 17.8. The van der Waals surface area contributed by atoms with E-state index in [1.165, 1.54) is 11.3 Å². The van der Waals surface area contributed by atoms with Crippen molar-refractivity contribution in [2.75, 3.05) is 38.1 Å². The van der Waals surface area contributed by atoms with Crippen molar-refractivity contribution >= 4 is 40.3 Å². The minimum Gasteiger partial charge on any atom is -0.478 e. The summed E-state index contributed by atoms with van der Waals surface area (Å²) in [6.45, 7) is 8.09. The van der Waals surface area contributed by atoms with E-state index in [4.69, 9.17) is 9.73 Å². The predicted molar refractivity (Wildman–Crippen MR) is 140 cm³/mol. The topological polar surface area (TPSA) is 136 Å². The number of aliphatic imine (C=N–C) groups is 1. The monoisotopic (exact) mass is 526 g/mol. The molecule has 1 aromatic heterocycles. The van der Waals surface area contributed by atoms with Crippen molar-refractivity contribution in [3.63, 3.8) is 0 Å². The summed E-state index contributed by atoms with van der Waals surface area (Å²) in [6.07, 6.45) is 2.81. The first-order valence-corrected chi connectivity index (χ1v) is 12.9. The van der Waals surface area contributed by atoms with Crippen LogP contribution in [0.25, 0.3) is 0 Å². The molecule has 4 rings (SSSR count). The molecule has 0 spiro atoms. The van der Waals surface area contributed by atoms with Crippen LogP contribution in [0.2, 0.25) is 0 Å². The maximum Gasteiger partial charge on any atom is 0.350 e. The number of aromatic carboxylic acids is 1. The number of rotatable bonds is 6. The molecule has 1 saturated heterocycles. The van der Waals surface area contributed by atoms with E-state index < -0.39 is 11.9 Å². The predicted octanol–water partition coefficient (Wildman–Crippen LogP) is 2.83. The number of carbonyl (C=O) groups excluding carboxylic acids is 2. The van der Waals surface area contributed by atoms with Gasteiger partial charge in [0.1, 0.15) is 16.7 Å². The Morgan fingerprint density at radius 3 is 2.62 bits per heavy atom. The molecule has 3 heterocycles. The molecule has 3 N–H and O–H groups in total. The average Bonchev–Trinajstić information content (AvgIpc) is 3.07. The molecule has 1 unspecified atom stereocenters. The van der Waals surface area contributed by atoms with Gasteiger partial charge in [-0.05, 0) is 44.0 Å². The lowest BCUT2D eigenvalue weighted by molar-refractivity contribution is -0.128. The van der Waals surface area contributed by atoms with E-state index in [0.29, 0.717) is 41.3 Å². The number of thiazole rings is 1. The number of amides is 1. The van der Waals surface area contributed by atoms with Gasteiger partial charge in [-0.1, -0.05) is 23.5 Å². The number of carboxylic acids is 1. The lowest BCUT2D eigenvalue weighted by Crippen LogP contribution is -2.42. The van der Waals surface area contributed by atoms with Crippen molar-refractivity contribution in [1.82, 2.24) is 20.1 Å². The summed E-state index contributed by atoms with van der Waals surface area (Å²) in [5.41, 5.74) is 1.59. The number of nitrogens with zero attached hydrogens (tertiary/aromatic N) is 4. The van der Waals surface area contributed by atoms with Gasteiger partial charge in [0.2, 0.25) is 11.9 Å². The van der Waals surface area contributed by atoms with Crippen molar-refractivity contribution in [2.24, 2.45) is 4.99 Å². The van der Waals surface area contributed by atoms with Crippen LogP contribution in [-0.2, 0) is 9.53 Å². The fourth-order valence-corrected chi connectivity index (χ4v) is 5.03. The molecule has 0 aliphatic carbocycles. The molecule has 1 fully saturated rings. The number of esters is 1. The van der Waals surface area contributed by atoms with Crippen LogP contribution in [0.3, 0.4) is 0 Å². The lowest BCUT2D eigenvalue weighted by atomic mass is 10.0. The van der Waals surface area contributed by atoms with Gasteiger partial charge in [-0.2, -0.15) is 0 Å². The van der Waals surface area contributed by atoms with Crippen LogP contribution >= 0.6 is 11.3 Å². The van der Waals surface area contributed by atoms with E-state index in [0.717, 1.165) is 24.4 Å². The Balaban J connectivity index is 1.61. The Morgan fingerprint density at radius 1 is 1.19 bits per heavy atom. The van der Waals surface area contributed by atoms with Gasteiger partial charge >= 0.3 is 11.9 Å². The Kier molecular flexibility index (Phi) is 8.07. The number of guanidine groups is 1. The number of ether oxygens (including phenoxy) is 1. The first-order valence-electron chi connectivity index (χ1n) is 12.1. The van der Waals surface area contributed by atoms with Crippen LogP contribution in [0.4, 0.5) is 5.13 Å². The van der Waals surface area contributed by atoms with Crippen LogP contribution in [0.15, 0.2) is 41.2 Å². The number of aromatic nitrogens is 1. The Hall–Kier alpha value is -3.93. The summed E-state index contributed by atoms with van der Waals surface area (Å²) in [5, 5.41) is 16.3. The molecule has 12 heteroatoms. The number of hydrogen-bond acceptors (Lipinski definition) is 10. The summed E-state index contributed by atoms with van der Waals surface area (Å²) in [6, 6.07) is 6.23. The van der Waals surface area contributed by atoms with Gasteiger partial charge in [-0.25, -0.2) is 19.6 Å². The average molecular weight is 527 g/mol. The largest absolute Gasteiger partial charge is 0.478 e. The summed E-state index contributed by atoms with van der Waals surface area (Å²) in [4.78, 5) is 49.1. The number of aryl methyl sites for hydroxylation is 1. The van der Waals surface area contributed by atoms with Crippen LogP contribution in [-0.4, -0.2) is 76.5 Å². The van der Waals surface area contributed by atoms with E-state index in [1.54, 1.807) is 45.0 Å². The molecule has 37 heavy (non-hydrogen) atoms. The lowest BCUT2D eigenvalue weighted by Gasteiger charge is -2.31. The first kappa shape index (κ1) is 26.1. The molecule has 2 aliphatic heterocycles. The van der Waals surface area contributed by atoms with E-state index in [-0.39, 0.29) is 24.1 Å². The summed E-state index contributed by atoms with van der Waals surface area (Å²) in [7, 11) is 0. The number of benzene rings is 1. The molecule has 1 amide bonds. The fourth-order valence-electron chi connectivity index (χ4n) is 4.17. The zero-order valence-corrected chi connectivity index (χ0v) is 21.8. The van der Waals surface area contributed by atoms with Crippen LogP contribution in [0, 0.1) is 6.92 Å². The summed E-state index contributed by atoms with van der Waals surface area (Å²) < 4.78 is 5.12. The number of hydrogen-bond donors (Lipinski definition) is 3. The third kappa shape index (κ3) is 6.26. The van der Waals surface area contributed by atoms with Gasteiger partial charge in [-0.15, -0.1) is 0 Å². The third-order valence-corrected chi connectivity index (χ3v) is 7.15. The SMILES string of the molecule is CCOC(=O)c1sc(NC2=NC(c3ccc(C(=O)O)cc3)C=C(N3CCCN(C(C)=O)CC3)N2)nc1C. The first-order chi connectivity index (χ1) is 17.7.